The van der Waals surface area contributed by atoms with Gasteiger partial charge in [-0.1, -0.05) is 6.92 Å². The number of rotatable bonds is 7. The molecule has 0 bridgehead atoms. The third kappa shape index (κ3) is 4.78. The van der Waals surface area contributed by atoms with Crippen LogP contribution in [0, 0.1) is 11.3 Å². The van der Waals surface area contributed by atoms with Gasteiger partial charge in [-0.05, 0) is 53.0 Å². The van der Waals surface area contributed by atoms with E-state index in [9.17, 15) is 4.79 Å². The molecule has 118 valence electrons. The first-order valence-electron chi connectivity index (χ1n) is 6.86. The van der Waals surface area contributed by atoms with E-state index in [-0.39, 0.29) is 12.2 Å². The minimum Gasteiger partial charge on any atom is -0.493 e. The van der Waals surface area contributed by atoms with Crippen LogP contribution in [0.2, 0.25) is 0 Å². The fraction of sp³-hybridized carbons (Fsp3) is 0.375. The van der Waals surface area contributed by atoms with E-state index in [0.717, 1.165) is 6.42 Å². The molecular weight excluding hydrogens is 350 g/mol. The first kappa shape index (κ1) is 18.1. The summed E-state index contributed by atoms with van der Waals surface area (Å²) >= 11 is 3.42. The minimum absolute atomic E-state index is 0.0713. The molecule has 0 saturated heterocycles. The Morgan fingerprint density at radius 2 is 2.14 bits per heavy atom. The lowest BCUT2D eigenvalue weighted by atomic mass is 10.1. The van der Waals surface area contributed by atoms with Crippen molar-refractivity contribution in [1.29, 1.82) is 5.26 Å². The van der Waals surface area contributed by atoms with Crippen molar-refractivity contribution in [1.82, 2.24) is 0 Å². The van der Waals surface area contributed by atoms with Crippen molar-refractivity contribution in [2.75, 3.05) is 20.3 Å². The largest absolute Gasteiger partial charge is 0.493 e. The zero-order valence-electron chi connectivity index (χ0n) is 12.8. The Morgan fingerprint density at radius 1 is 1.41 bits per heavy atom. The van der Waals surface area contributed by atoms with Gasteiger partial charge in [-0.2, -0.15) is 5.26 Å². The predicted molar refractivity (Wildman–Crippen MR) is 86.7 cm³/mol. The highest BCUT2D eigenvalue weighted by Crippen LogP contribution is 2.37. The van der Waals surface area contributed by atoms with Crippen molar-refractivity contribution >= 4 is 28.0 Å². The second-order valence-electron chi connectivity index (χ2n) is 4.27. The lowest BCUT2D eigenvalue weighted by Gasteiger charge is -2.13. The molecule has 1 rings (SSSR count). The number of carbonyl (C=O) groups is 1. The maximum Gasteiger partial charge on any atom is 0.348 e. The molecule has 1 aromatic rings. The monoisotopic (exact) mass is 367 g/mol. The number of nitriles is 1. The predicted octanol–water partition coefficient (Wildman–Crippen LogP) is 3.72. The molecule has 0 radical (unpaired) electrons. The van der Waals surface area contributed by atoms with E-state index in [1.165, 1.54) is 13.2 Å². The molecular formula is C16H18BrNO4. The van der Waals surface area contributed by atoms with Crippen LogP contribution >= 0.6 is 15.9 Å². The second-order valence-corrected chi connectivity index (χ2v) is 5.13. The standard InChI is InChI=1S/C16H18BrNO4/c1-4-6-22-15-13(17)8-11(9-14(15)20-3)7-12(10-18)16(19)21-5-2/h7-9H,4-6H2,1-3H3. The molecule has 6 heteroatoms. The minimum atomic E-state index is -0.647. The molecule has 0 aromatic heterocycles. The van der Waals surface area contributed by atoms with E-state index >= 15 is 0 Å². The quantitative estimate of drug-likeness (QED) is 0.417. The molecule has 0 saturated carbocycles. The maximum atomic E-state index is 11.6. The Bertz CT molecular complexity index is 605. The molecule has 0 atom stereocenters. The van der Waals surface area contributed by atoms with Crippen LogP contribution in [0.5, 0.6) is 11.5 Å². The molecule has 0 aliphatic carbocycles. The summed E-state index contributed by atoms with van der Waals surface area (Å²) < 4.78 is 16.5. The lowest BCUT2D eigenvalue weighted by Crippen LogP contribution is -2.06. The number of ether oxygens (including phenoxy) is 3. The van der Waals surface area contributed by atoms with Gasteiger partial charge in [-0.3, -0.25) is 0 Å². The van der Waals surface area contributed by atoms with Gasteiger partial charge < -0.3 is 14.2 Å². The SMILES string of the molecule is CCCOc1c(Br)cc(C=C(C#N)C(=O)OCC)cc1OC. The van der Waals surface area contributed by atoms with Crippen LogP contribution < -0.4 is 9.47 Å². The van der Waals surface area contributed by atoms with Crippen molar-refractivity contribution in [2.24, 2.45) is 0 Å². The van der Waals surface area contributed by atoms with Gasteiger partial charge in [0.15, 0.2) is 11.5 Å². The van der Waals surface area contributed by atoms with Gasteiger partial charge in [0.05, 0.1) is 24.8 Å². The van der Waals surface area contributed by atoms with Crippen LogP contribution in [0.15, 0.2) is 22.2 Å². The van der Waals surface area contributed by atoms with Gasteiger partial charge in [0.25, 0.3) is 0 Å². The number of halogens is 1. The molecule has 0 aliphatic heterocycles. The smallest absolute Gasteiger partial charge is 0.348 e. The number of nitrogens with zero attached hydrogens (tertiary/aromatic N) is 1. The molecule has 0 fully saturated rings. The van der Waals surface area contributed by atoms with Crippen molar-refractivity contribution in [3.05, 3.63) is 27.7 Å². The van der Waals surface area contributed by atoms with Crippen LogP contribution in [0.25, 0.3) is 6.08 Å². The fourth-order valence-electron chi connectivity index (χ4n) is 1.68. The Balaban J connectivity index is 3.18. The molecule has 22 heavy (non-hydrogen) atoms. The summed E-state index contributed by atoms with van der Waals surface area (Å²) in [5.41, 5.74) is 0.565. The van der Waals surface area contributed by atoms with Crippen LogP contribution in [0.4, 0.5) is 0 Å². The summed E-state index contributed by atoms with van der Waals surface area (Å²) in [4.78, 5) is 11.6. The Labute approximate surface area is 138 Å². The summed E-state index contributed by atoms with van der Waals surface area (Å²) in [6, 6.07) is 5.29. The normalized spacial score (nSPS) is 10.8. The van der Waals surface area contributed by atoms with Crippen LogP contribution in [0.1, 0.15) is 25.8 Å². The molecule has 0 aliphatic rings. The molecule has 0 spiro atoms. The third-order valence-corrected chi connectivity index (χ3v) is 3.22. The van der Waals surface area contributed by atoms with Gasteiger partial charge in [-0.25, -0.2) is 4.79 Å². The maximum absolute atomic E-state index is 11.6. The van der Waals surface area contributed by atoms with Crippen molar-refractivity contribution in [2.45, 2.75) is 20.3 Å². The highest BCUT2D eigenvalue weighted by Gasteiger charge is 2.14. The highest BCUT2D eigenvalue weighted by molar-refractivity contribution is 9.10. The number of hydrogen-bond acceptors (Lipinski definition) is 5. The van der Waals surface area contributed by atoms with E-state index < -0.39 is 5.97 Å². The Hall–Kier alpha value is -2.00. The van der Waals surface area contributed by atoms with Gasteiger partial charge in [0, 0.05) is 0 Å². The molecule has 5 nitrogen and oxygen atoms in total. The number of hydrogen-bond donors (Lipinski definition) is 0. The summed E-state index contributed by atoms with van der Waals surface area (Å²) in [6.07, 6.45) is 2.33. The van der Waals surface area contributed by atoms with E-state index in [1.807, 2.05) is 13.0 Å². The Kier molecular flexibility index (Phi) is 7.47. The molecule has 0 amide bonds. The number of carbonyl (C=O) groups excluding carboxylic acids is 1. The van der Waals surface area contributed by atoms with Crippen molar-refractivity contribution in [3.63, 3.8) is 0 Å². The van der Waals surface area contributed by atoms with E-state index in [4.69, 9.17) is 19.5 Å². The van der Waals surface area contributed by atoms with Gasteiger partial charge in [0.1, 0.15) is 11.6 Å². The average Bonchev–Trinajstić information content (AvgIpc) is 2.51. The van der Waals surface area contributed by atoms with E-state index in [0.29, 0.717) is 28.1 Å². The van der Waals surface area contributed by atoms with Gasteiger partial charge in [-0.15, -0.1) is 0 Å². The Morgan fingerprint density at radius 3 is 2.68 bits per heavy atom. The zero-order valence-corrected chi connectivity index (χ0v) is 14.4. The lowest BCUT2D eigenvalue weighted by molar-refractivity contribution is -0.137. The molecule has 1 aromatic carbocycles. The summed E-state index contributed by atoms with van der Waals surface area (Å²) in [7, 11) is 1.53. The van der Waals surface area contributed by atoms with Crippen molar-refractivity contribution in [3.8, 4) is 17.6 Å². The molecule has 0 N–H and O–H groups in total. The van der Waals surface area contributed by atoms with Crippen LogP contribution in [-0.2, 0) is 9.53 Å². The average molecular weight is 368 g/mol. The summed E-state index contributed by atoms with van der Waals surface area (Å²) in [6.45, 7) is 4.48. The van der Waals surface area contributed by atoms with Gasteiger partial charge in [0.2, 0.25) is 0 Å². The summed E-state index contributed by atoms with van der Waals surface area (Å²) in [5, 5.41) is 9.06. The van der Waals surface area contributed by atoms with Crippen molar-refractivity contribution < 1.29 is 19.0 Å². The summed E-state index contributed by atoms with van der Waals surface area (Å²) in [5.74, 6) is 0.470. The molecule has 0 unspecified atom stereocenters. The number of benzene rings is 1. The molecule has 0 heterocycles. The van der Waals surface area contributed by atoms with Crippen LogP contribution in [0.3, 0.4) is 0 Å². The topological polar surface area (TPSA) is 68.5 Å². The van der Waals surface area contributed by atoms with Crippen LogP contribution in [-0.4, -0.2) is 26.3 Å². The second kappa shape index (κ2) is 9.11. The zero-order chi connectivity index (χ0) is 16.5. The van der Waals surface area contributed by atoms with E-state index in [1.54, 1.807) is 19.1 Å². The fourth-order valence-corrected chi connectivity index (χ4v) is 2.25. The first-order valence-corrected chi connectivity index (χ1v) is 7.65. The van der Waals surface area contributed by atoms with Gasteiger partial charge >= 0.3 is 5.97 Å². The number of esters is 1. The third-order valence-electron chi connectivity index (χ3n) is 2.63. The van der Waals surface area contributed by atoms with E-state index in [2.05, 4.69) is 15.9 Å². The highest BCUT2D eigenvalue weighted by atomic mass is 79.9. The number of methoxy groups -OCH3 is 1. The first-order chi connectivity index (χ1) is 10.6.